The Hall–Kier alpha value is -3.20. The van der Waals surface area contributed by atoms with Crippen molar-refractivity contribution >= 4 is 23.3 Å². The van der Waals surface area contributed by atoms with Crippen molar-refractivity contribution in [1.82, 2.24) is 4.98 Å². The second-order valence-electron chi connectivity index (χ2n) is 7.70. The molecule has 6 heteroatoms. The van der Waals surface area contributed by atoms with Gasteiger partial charge in [-0.2, -0.15) is 5.26 Å². The fraction of sp³-hybridized carbons (Fsp3) is 0.364. The van der Waals surface area contributed by atoms with Crippen LogP contribution in [0.25, 0.3) is 0 Å². The lowest BCUT2D eigenvalue weighted by atomic mass is 9.81. The molecular weight excluding hydrogens is 352 g/mol. The van der Waals surface area contributed by atoms with Gasteiger partial charge in [-0.25, -0.2) is 4.98 Å². The topological polar surface area (TPSA) is 86.1 Å². The minimum atomic E-state index is -0.903. The summed E-state index contributed by atoms with van der Waals surface area (Å²) in [7, 11) is 0. The van der Waals surface area contributed by atoms with Crippen LogP contribution in [0.15, 0.2) is 48.7 Å². The third-order valence-electron chi connectivity index (χ3n) is 5.63. The van der Waals surface area contributed by atoms with E-state index in [1.807, 2.05) is 37.3 Å². The number of nitrogens with zero attached hydrogens (tertiary/aromatic N) is 3. The molecule has 1 aliphatic heterocycles. The van der Waals surface area contributed by atoms with E-state index >= 15 is 0 Å². The number of amides is 2. The largest absolute Gasteiger partial charge is 0.310 e. The summed E-state index contributed by atoms with van der Waals surface area (Å²) >= 11 is 0. The van der Waals surface area contributed by atoms with Crippen LogP contribution in [0.5, 0.6) is 0 Å². The zero-order valence-corrected chi connectivity index (χ0v) is 15.8. The summed E-state index contributed by atoms with van der Waals surface area (Å²) in [4.78, 5) is 31.3. The average molecular weight is 374 g/mol. The molecule has 2 heterocycles. The van der Waals surface area contributed by atoms with Gasteiger partial charge in [0.2, 0.25) is 11.8 Å². The Balaban J connectivity index is 1.52. The first-order valence-corrected chi connectivity index (χ1v) is 9.58. The van der Waals surface area contributed by atoms with Crippen molar-refractivity contribution in [2.24, 2.45) is 11.3 Å². The molecule has 2 fully saturated rings. The zero-order valence-electron chi connectivity index (χ0n) is 15.8. The lowest BCUT2D eigenvalue weighted by Gasteiger charge is -2.23. The number of hydrogen-bond acceptors (Lipinski definition) is 4. The molecule has 1 saturated heterocycles. The smallest absolute Gasteiger partial charge is 0.248 e. The number of nitriles is 1. The quantitative estimate of drug-likeness (QED) is 0.870. The van der Waals surface area contributed by atoms with E-state index in [0.717, 1.165) is 18.4 Å². The third kappa shape index (κ3) is 3.24. The zero-order chi connectivity index (χ0) is 19.7. The van der Waals surface area contributed by atoms with Crippen LogP contribution in [0.3, 0.4) is 0 Å². The highest BCUT2D eigenvalue weighted by molar-refractivity contribution is 6.03. The fourth-order valence-corrected chi connectivity index (χ4v) is 4.14. The monoisotopic (exact) mass is 374 g/mol. The first-order valence-electron chi connectivity index (χ1n) is 9.58. The molecule has 2 atom stereocenters. The highest BCUT2D eigenvalue weighted by Gasteiger charge is 2.59. The number of carbonyl (C=O) groups is 2. The molecule has 6 nitrogen and oxygen atoms in total. The minimum absolute atomic E-state index is 0.0666. The van der Waals surface area contributed by atoms with E-state index in [0.29, 0.717) is 17.9 Å². The van der Waals surface area contributed by atoms with Gasteiger partial charge in [0.05, 0.1) is 12.5 Å². The Morgan fingerprint density at radius 3 is 2.75 bits per heavy atom. The lowest BCUT2D eigenvalue weighted by Crippen LogP contribution is -2.37. The van der Waals surface area contributed by atoms with E-state index < -0.39 is 5.41 Å². The lowest BCUT2D eigenvalue weighted by molar-refractivity contribution is -0.123. The summed E-state index contributed by atoms with van der Waals surface area (Å²) in [5.41, 5.74) is 0.683. The van der Waals surface area contributed by atoms with Crippen LogP contribution in [0, 0.1) is 22.7 Å². The number of anilines is 2. The Labute approximate surface area is 164 Å². The highest BCUT2D eigenvalue weighted by Crippen LogP contribution is 2.53. The first kappa shape index (κ1) is 18.2. The molecule has 2 aromatic rings. The van der Waals surface area contributed by atoms with Crippen molar-refractivity contribution < 1.29 is 9.59 Å². The number of aromatic nitrogens is 1. The van der Waals surface area contributed by atoms with Crippen LogP contribution in [-0.4, -0.2) is 22.8 Å². The molecule has 142 valence electrons. The molecule has 1 saturated carbocycles. The van der Waals surface area contributed by atoms with Crippen LogP contribution in [0.2, 0.25) is 0 Å². The Bertz CT molecular complexity index is 949. The minimum Gasteiger partial charge on any atom is -0.310 e. The van der Waals surface area contributed by atoms with Gasteiger partial charge in [0.25, 0.3) is 0 Å². The van der Waals surface area contributed by atoms with E-state index in [4.69, 9.17) is 0 Å². The van der Waals surface area contributed by atoms with Crippen molar-refractivity contribution in [3.05, 3.63) is 54.2 Å². The van der Waals surface area contributed by atoms with E-state index in [1.165, 1.54) is 0 Å². The van der Waals surface area contributed by atoms with Crippen molar-refractivity contribution in [1.29, 1.82) is 5.26 Å². The number of rotatable bonds is 5. The van der Waals surface area contributed by atoms with Gasteiger partial charge >= 0.3 is 0 Å². The number of nitrogens with one attached hydrogen (secondary N) is 1. The van der Waals surface area contributed by atoms with E-state index in [9.17, 15) is 14.9 Å². The van der Waals surface area contributed by atoms with Gasteiger partial charge in [-0.3, -0.25) is 9.59 Å². The predicted molar refractivity (Wildman–Crippen MR) is 105 cm³/mol. The third-order valence-corrected chi connectivity index (χ3v) is 5.63. The van der Waals surface area contributed by atoms with Crippen molar-refractivity contribution in [3.63, 3.8) is 0 Å². The van der Waals surface area contributed by atoms with E-state index in [1.54, 1.807) is 23.2 Å². The van der Waals surface area contributed by atoms with Crippen molar-refractivity contribution in [2.45, 2.75) is 38.6 Å². The molecule has 1 aromatic carbocycles. The van der Waals surface area contributed by atoms with Gasteiger partial charge < -0.3 is 10.2 Å². The molecule has 1 aliphatic carbocycles. The van der Waals surface area contributed by atoms with Crippen molar-refractivity contribution in [3.8, 4) is 6.07 Å². The molecule has 1 N–H and O–H groups in total. The van der Waals surface area contributed by atoms with Gasteiger partial charge in [0, 0.05) is 24.0 Å². The highest BCUT2D eigenvalue weighted by atomic mass is 16.2. The van der Waals surface area contributed by atoms with E-state index in [2.05, 4.69) is 16.4 Å². The van der Waals surface area contributed by atoms with Gasteiger partial charge in [-0.05, 0) is 43.7 Å². The summed E-state index contributed by atoms with van der Waals surface area (Å²) in [5, 5.41) is 12.5. The van der Waals surface area contributed by atoms with Crippen LogP contribution in [0.1, 0.15) is 31.7 Å². The normalized spacial score (nSPS) is 24.1. The number of carbonyl (C=O) groups excluding carboxylic acids is 2. The van der Waals surface area contributed by atoms with Gasteiger partial charge in [-0.1, -0.05) is 30.3 Å². The van der Waals surface area contributed by atoms with E-state index in [-0.39, 0.29) is 30.2 Å². The molecular formula is C22H22N4O2. The van der Waals surface area contributed by atoms with Crippen LogP contribution in [0.4, 0.5) is 11.5 Å². The first-order chi connectivity index (χ1) is 13.5. The molecule has 0 bridgehead atoms. The molecule has 4 rings (SSSR count). The summed E-state index contributed by atoms with van der Waals surface area (Å²) < 4.78 is 0. The second kappa shape index (κ2) is 7.08. The fourth-order valence-electron chi connectivity index (χ4n) is 4.14. The Morgan fingerprint density at radius 2 is 2.07 bits per heavy atom. The number of pyridine rings is 1. The summed E-state index contributed by atoms with van der Waals surface area (Å²) in [6, 6.07) is 15.2. The molecule has 0 radical (unpaired) electrons. The van der Waals surface area contributed by atoms with Gasteiger partial charge in [0.15, 0.2) is 0 Å². The second-order valence-corrected chi connectivity index (χ2v) is 7.70. The van der Waals surface area contributed by atoms with Crippen molar-refractivity contribution in [2.75, 3.05) is 10.2 Å². The standard InChI is InChI=1S/C22H22N4O2/c1-15-13-22(14-23,17-7-8-17)21(28)26(15)18-9-10-24-19(12-18)25-20(27)11-16-5-3-2-4-6-16/h2-6,9-10,12,15,17H,7-8,11,13H2,1H3,(H,24,25,27)/t15?,22-/m1/s1. The molecule has 2 amide bonds. The van der Waals surface area contributed by atoms with Crippen LogP contribution in [-0.2, 0) is 16.0 Å². The van der Waals surface area contributed by atoms with Gasteiger partial charge in [0.1, 0.15) is 11.2 Å². The molecule has 0 spiro atoms. The predicted octanol–water partition coefficient (Wildman–Crippen LogP) is 3.31. The Morgan fingerprint density at radius 1 is 1.32 bits per heavy atom. The molecule has 28 heavy (non-hydrogen) atoms. The summed E-state index contributed by atoms with van der Waals surface area (Å²) in [6.07, 6.45) is 4.26. The maximum Gasteiger partial charge on any atom is 0.248 e. The van der Waals surface area contributed by atoms with Crippen LogP contribution >= 0.6 is 0 Å². The van der Waals surface area contributed by atoms with Crippen LogP contribution < -0.4 is 10.2 Å². The maximum atomic E-state index is 13.1. The Kier molecular flexibility index (Phi) is 4.60. The molecule has 2 aliphatic rings. The molecule has 1 unspecified atom stereocenters. The number of benzene rings is 1. The summed E-state index contributed by atoms with van der Waals surface area (Å²) in [5.74, 6) is 0.280. The maximum absolute atomic E-state index is 13.1. The SMILES string of the molecule is CC1C[C@@](C#N)(C2CC2)C(=O)N1c1ccnc(NC(=O)Cc2ccccc2)c1. The summed E-state index contributed by atoms with van der Waals surface area (Å²) in [6.45, 7) is 1.97. The number of hydrogen-bond donors (Lipinski definition) is 1. The average Bonchev–Trinajstić information content (AvgIpc) is 3.49. The molecule has 1 aromatic heterocycles. The van der Waals surface area contributed by atoms with Gasteiger partial charge in [-0.15, -0.1) is 0 Å².